The van der Waals surface area contributed by atoms with E-state index in [2.05, 4.69) is 4.72 Å². The van der Waals surface area contributed by atoms with Crippen molar-refractivity contribution >= 4 is 15.9 Å². The maximum absolute atomic E-state index is 12.4. The van der Waals surface area contributed by atoms with Gasteiger partial charge in [-0.2, -0.15) is 0 Å². The molecule has 0 aliphatic carbocycles. The molecule has 1 fully saturated rings. The van der Waals surface area contributed by atoms with Gasteiger partial charge in [0.05, 0.1) is 32.7 Å². The molecule has 0 bridgehead atoms. The molecule has 2 heterocycles. The predicted molar refractivity (Wildman–Crippen MR) is 104 cm³/mol. The molecule has 0 saturated carbocycles. The SMILES string of the molecule is COc1cc2c(cc1OC)C1(CCN(C(=O)CCNS(C)(=O)=O)CC1)OCC2. The summed E-state index contributed by atoms with van der Waals surface area (Å²) in [7, 11) is -0.0370. The zero-order valence-corrected chi connectivity index (χ0v) is 17.4. The van der Waals surface area contributed by atoms with Gasteiger partial charge in [-0.1, -0.05) is 0 Å². The number of carbonyl (C=O) groups excluding carboxylic acids is 1. The molecule has 0 radical (unpaired) electrons. The van der Waals surface area contributed by atoms with E-state index in [4.69, 9.17) is 14.2 Å². The number of fused-ring (bicyclic) bond motifs is 2. The molecule has 2 aliphatic heterocycles. The van der Waals surface area contributed by atoms with Gasteiger partial charge in [-0.15, -0.1) is 0 Å². The van der Waals surface area contributed by atoms with Crippen LogP contribution >= 0.6 is 0 Å². The van der Waals surface area contributed by atoms with Crippen LogP contribution in [0.3, 0.4) is 0 Å². The summed E-state index contributed by atoms with van der Waals surface area (Å²) in [5.41, 5.74) is 1.89. The van der Waals surface area contributed by atoms with E-state index in [1.165, 1.54) is 5.56 Å². The van der Waals surface area contributed by atoms with E-state index in [0.29, 0.717) is 44.0 Å². The van der Waals surface area contributed by atoms with Crippen LogP contribution in [-0.2, 0) is 31.6 Å². The van der Waals surface area contributed by atoms with E-state index in [-0.39, 0.29) is 18.9 Å². The summed E-state index contributed by atoms with van der Waals surface area (Å²) in [6, 6.07) is 4.02. The van der Waals surface area contributed by atoms with Gasteiger partial charge in [0.25, 0.3) is 0 Å². The molecule has 1 aromatic carbocycles. The minimum atomic E-state index is -3.28. The van der Waals surface area contributed by atoms with Crippen LogP contribution in [0.15, 0.2) is 12.1 Å². The van der Waals surface area contributed by atoms with Crippen molar-refractivity contribution in [1.29, 1.82) is 0 Å². The lowest BCUT2D eigenvalue weighted by atomic mass is 9.79. The van der Waals surface area contributed by atoms with Crippen molar-refractivity contribution in [2.24, 2.45) is 0 Å². The quantitative estimate of drug-likeness (QED) is 0.750. The highest BCUT2D eigenvalue weighted by atomic mass is 32.2. The lowest BCUT2D eigenvalue weighted by Gasteiger charge is -2.45. The smallest absolute Gasteiger partial charge is 0.223 e. The number of likely N-dealkylation sites (tertiary alicyclic amines) is 1. The molecule has 0 atom stereocenters. The molecule has 2 aliphatic rings. The number of rotatable bonds is 6. The number of nitrogens with zero attached hydrogens (tertiary/aromatic N) is 1. The molecule has 8 nitrogen and oxygen atoms in total. The van der Waals surface area contributed by atoms with Gasteiger partial charge in [0.2, 0.25) is 15.9 Å². The molecular formula is C19H28N2O6S. The van der Waals surface area contributed by atoms with Gasteiger partial charge < -0.3 is 19.1 Å². The second-order valence-electron chi connectivity index (χ2n) is 7.25. The highest BCUT2D eigenvalue weighted by molar-refractivity contribution is 7.88. The molecule has 1 aromatic rings. The van der Waals surface area contributed by atoms with E-state index in [1.54, 1.807) is 19.1 Å². The Morgan fingerprint density at radius 1 is 1.21 bits per heavy atom. The second kappa shape index (κ2) is 8.26. The van der Waals surface area contributed by atoms with Crippen LogP contribution in [0.2, 0.25) is 0 Å². The molecular weight excluding hydrogens is 384 g/mol. The number of nitrogens with one attached hydrogen (secondary N) is 1. The fraction of sp³-hybridized carbons (Fsp3) is 0.632. The summed E-state index contributed by atoms with van der Waals surface area (Å²) in [6.07, 6.45) is 3.45. The summed E-state index contributed by atoms with van der Waals surface area (Å²) in [5.74, 6) is 1.34. The Bertz CT molecular complexity index is 831. The lowest BCUT2D eigenvalue weighted by molar-refractivity contribution is -0.140. The Kier molecular flexibility index (Phi) is 6.16. The third-order valence-electron chi connectivity index (χ3n) is 5.48. The zero-order valence-electron chi connectivity index (χ0n) is 16.6. The topological polar surface area (TPSA) is 94.2 Å². The molecule has 0 unspecified atom stereocenters. The van der Waals surface area contributed by atoms with Crippen molar-refractivity contribution in [2.75, 3.05) is 46.7 Å². The Labute approximate surface area is 166 Å². The summed E-state index contributed by atoms with van der Waals surface area (Å²) < 4.78 is 41.7. The number of hydrogen-bond donors (Lipinski definition) is 1. The molecule has 3 rings (SSSR count). The first-order valence-corrected chi connectivity index (χ1v) is 11.3. The number of piperidine rings is 1. The maximum atomic E-state index is 12.4. The van der Waals surface area contributed by atoms with Crippen molar-refractivity contribution in [3.05, 3.63) is 23.3 Å². The first-order chi connectivity index (χ1) is 13.3. The van der Waals surface area contributed by atoms with Crippen LogP contribution in [-0.4, -0.2) is 65.9 Å². The number of sulfonamides is 1. The van der Waals surface area contributed by atoms with E-state index >= 15 is 0 Å². The average molecular weight is 413 g/mol. The molecule has 1 N–H and O–H groups in total. The third kappa shape index (κ3) is 4.42. The number of benzene rings is 1. The number of carbonyl (C=O) groups is 1. The third-order valence-corrected chi connectivity index (χ3v) is 6.21. The van der Waals surface area contributed by atoms with Crippen LogP contribution in [0.5, 0.6) is 11.5 Å². The van der Waals surface area contributed by atoms with Crippen LogP contribution < -0.4 is 14.2 Å². The Balaban J connectivity index is 1.70. The van der Waals surface area contributed by atoms with Gasteiger partial charge in [-0.25, -0.2) is 13.1 Å². The van der Waals surface area contributed by atoms with E-state index in [0.717, 1.165) is 18.2 Å². The molecule has 1 saturated heterocycles. The minimum absolute atomic E-state index is 0.0469. The molecule has 156 valence electrons. The molecule has 28 heavy (non-hydrogen) atoms. The fourth-order valence-corrected chi connectivity index (χ4v) is 4.49. The largest absolute Gasteiger partial charge is 0.493 e. The van der Waals surface area contributed by atoms with Gasteiger partial charge in [0.1, 0.15) is 0 Å². The van der Waals surface area contributed by atoms with Gasteiger partial charge in [0.15, 0.2) is 11.5 Å². The molecule has 1 spiro atoms. The molecule has 9 heteroatoms. The Morgan fingerprint density at radius 3 is 2.46 bits per heavy atom. The molecule has 0 aromatic heterocycles. The predicted octanol–water partition coefficient (Wildman–Crippen LogP) is 1.03. The van der Waals surface area contributed by atoms with Crippen LogP contribution in [0.4, 0.5) is 0 Å². The van der Waals surface area contributed by atoms with Gasteiger partial charge >= 0.3 is 0 Å². The van der Waals surface area contributed by atoms with Crippen molar-refractivity contribution in [1.82, 2.24) is 9.62 Å². The van der Waals surface area contributed by atoms with Crippen LogP contribution in [0.25, 0.3) is 0 Å². The summed E-state index contributed by atoms with van der Waals surface area (Å²) in [6.45, 7) is 1.90. The zero-order chi connectivity index (χ0) is 20.4. The number of ether oxygens (including phenoxy) is 3. The second-order valence-corrected chi connectivity index (χ2v) is 9.09. The summed E-state index contributed by atoms with van der Waals surface area (Å²) >= 11 is 0. The van der Waals surface area contributed by atoms with Crippen molar-refractivity contribution in [3.8, 4) is 11.5 Å². The first-order valence-electron chi connectivity index (χ1n) is 9.40. The lowest BCUT2D eigenvalue weighted by Crippen LogP contribution is -2.48. The summed E-state index contributed by atoms with van der Waals surface area (Å²) in [5, 5.41) is 0. The molecule has 1 amide bonds. The fourth-order valence-electron chi connectivity index (χ4n) is 4.02. The normalized spacial score (nSPS) is 18.6. The van der Waals surface area contributed by atoms with E-state index < -0.39 is 15.6 Å². The van der Waals surface area contributed by atoms with E-state index in [9.17, 15) is 13.2 Å². The van der Waals surface area contributed by atoms with Gasteiger partial charge in [-0.3, -0.25) is 4.79 Å². The van der Waals surface area contributed by atoms with Crippen molar-refractivity contribution in [3.63, 3.8) is 0 Å². The highest BCUT2D eigenvalue weighted by Crippen LogP contribution is 2.45. The minimum Gasteiger partial charge on any atom is -0.493 e. The average Bonchev–Trinajstić information content (AvgIpc) is 2.67. The van der Waals surface area contributed by atoms with Crippen molar-refractivity contribution < 1.29 is 27.4 Å². The van der Waals surface area contributed by atoms with Crippen molar-refractivity contribution in [2.45, 2.75) is 31.3 Å². The van der Waals surface area contributed by atoms with Crippen LogP contribution in [0, 0.1) is 0 Å². The number of methoxy groups -OCH3 is 2. The summed E-state index contributed by atoms with van der Waals surface area (Å²) in [4.78, 5) is 14.2. The van der Waals surface area contributed by atoms with E-state index in [1.807, 2.05) is 12.1 Å². The first kappa shape index (κ1) is 20.9. The maximum Gasteiger partial charge on any atom is 0.223 e. The van der Waals surface area contributed by atoms with Gasteiger partial charge in [-0.05, 0) is 42.5 Å². The Morgan fingerprint density at radius 2 is 1.86 bits per heavy atom. The number of amides is 1. The van der Waals surface area contributed by atoms with Crippen LogP contribution in [0.1, 0.15) is 30.4 Å². The Hall–Kier alpha value is -1.84. The number of hydrogen-bond acceptors (Lipinski definition) is 6. The van der Waals surface area contributed by atoms with Gasteiger partial charge in [0, 0.05) is 26.1 Å². The standard InChI is InChI=1S/C19H28N2O6S/c1-25-16-12-14-5-11-27-19(15(14)13-17(16)26-2)6-9-21(10-7-19)18(22)4-8-20-28(3,23)24/h12-13,20H,4-11H2,1-3H3. The highest BCUT2D eigenvalue weighted by Gasteiger charge is 2.42. The monoisotopic (exact) mass is 412 g/mol.